The summed E-state index contributed by atoms with van der Waals surface area (Å²) in [6, 6.07) is 6.96. The van der Waals surface area contributed by atoms with E-state index in [1.807, 2.05) is 38.1 Å². The van der Waals surface area contributed by atoms with Crippen molar-refractivity contribution in [1.82, 2.24) is 5.32 Å². The number of halogens is 1. The van der Waals surface area contributed by atoms with Crippen LogP contribution in [-0.2, 0) is 20.7 Å². The molecule has 1 rings (SSSR count). The van der Waals surface area contributed by atoms with Gasteiger partial charge in [0.25, 0.3) is 0 Å². The van der Waals surface area contributed by atoms with Crippen LogP contribution in [0.2, 0.25) is 0 Å². The topological polar surface area (TPSA) is 64.6 Å². The number of amides is 1. The van der Waals surface area contributed by atoms with Crippen molar-refractivity contribution in [2.24, 2.45) is 5.92 Å². The smallest absolute Gasteiger partial charge is 0.328 e. The van der Waals surface area contributed by atoms with Gasteiger partial charge in [0.2, 0.25) is 5.91 Å². The molecule has 0 bridgehead atoms. The van der Waals surface area contributed by atoms with E-state index in [0.29, 0.717) is 13.0 Å². The van der Waals surface area contributed by atoms with Gasteiger partial charge in [0, 0.05) is 0 Å². The van der Waals surface area contributed by atoms with Crippen LogP contribution in [0.4, 0.5) is 0 Å². The summed E-state index contributed by atoms with van der Waals surface area (Å²) in [6.45, 7) is 7.80. The fourth-order valence-corrected chi connectivity index (χ4v) is 2.73. The van der Waals surface area contributed by atoms with E-state index in [0.717, 1.165) is 11.3 Å². The summed E-state index contributed by atoms with van der Waals surface area (Å²) in [4.78, 5) is 24.1. The Kier molecular flexibility index (Phi) is 8.81. The molecule has 1 aromatic carbocycles. The molecule has 6 heteroatoms. The summed E-state index contributed by atoms with van der Waals surface area (Å²) in [5.74, 6) is 0.127. The fraction of sp³-hybridized carbons (Fsp3) is 0.444. The molecule has 0 aliphatic heterocycles. The average Bonchev–Trinajstić information content (AvgIpc) is 2.57. The van der Waals surface area contributed by atoms with E-state index in [-0.39, 0.29) is 15.7 Å². The molecule has 0 aliphatic rings. The SMILES string of the molecule is C=CCOc1ccc(C[C@H](I)C(=O)N[C@H](C(=O)OC)C(C)C)cc1. The van der Waals surface area contributed by atoms with Gasteiger partial charge >= 0.3 is 5.97 Å². The number of methoxy groups -OCH3 is 1. The minimum absolute atomic E-state index is 0.0358. The molecule has 1 aromatic rings. The predicted octanol–water partition coefficient (Wildman–Crippen LogP) is 2.91. The molecule has 0 saturated heterocycles. The number of rotatable bonds is 9. The van der Waals surface area contributed by atoms with Crippen LogP contribution in [0.3, 0.4) is 0 Å². The molecular formula is C18H24INO4. The third-order valence-electron chi connectivity index (χ3n) is 3.41. The summed E-state index contributed by atoms with van der Waals surface area (Å²) in [7, 11) is 1.32. The molecule has 5 nitrogen and oxygen atoms in total. The van der Waals surface area contributed by atoms with E-state index in [2.05, 4.69) is 34.5 Å². The summed E-state index contributed by atoms with van der Waals surface area (Å²) < 4.78 is 9.89. The van der Waals surface area contributed by atoms with Gasteiger partial charge in [-0.2, -0.15) is 0 Å². The maximum absolute atomic E-state index is 12.3. The molecule has 0 radical (unpaired) electrons. The third-order valence-corrected chi connectivity index (χ3v) is 4.42. The lowest BCUT2D eigenvalue weighted by Gasteiger charge is -2.21. The summed E-state index contributed by atoms with van der Waals surface area (Å²) in [5, 5.41) is 2.77. The molecule has 0 aliphatic carbocycles. The predicted molar refractivity (Wildman–Crippen MR) is 102 cm³/mol. The van der Waals surface area contributed by atoms with E-state index in [9.17, 15) is 9.59 Å². The van der Waals surface area contributed by atoms with Crippen molar-refractivity contribution in [3.8, 4) is 5.75 Å². The first kappa shape index (κ1) is 20.5. The standard InChI is InChI=1S/C18H24INO4/c1-5-10-24-14-8-6-13(7-9-14)11-15(19)17(21)20-16(12(2)3)18(22)23-4/h5-9,12,15-16H,1,10-11H2,2-4H3,(H,20,21)/t15-,16-/m0/s1. The molecule has 0 fully saturated rings. The molecule has 0 spiro atoms. The Morgan fingerprint density at radius 3 is 2.42 bits per heavy atom. The van der Waals surface area contributed by atoms with Crippen LogP contribution in [0.5, 0.6) is 5.75 Å². The number of carbonyl (C=O) groups excluding carboxylic acids is 2. The van der Waals surface area contributed by atoms with Gasteiger partial charge in [-0.1, -0.05) is 61.2 Å². The number of ether oxygens (including phenoxy) is 2. The molecule has 132 valence electrons. The second-order valence-electron chi connectivity index (χ2n) is 5.67. The largest absolute Gasteiger partial charge is 0.490 e. The van der Waals surface area contributed by atoms with Crippen molar-refractivity contribution in [2.45, 2.75) is 30.2 Å². The number of nitrogens with one attached hydrogen (secondary N) is 1. The van der Waals surface area contributed by atoms with Crippen molar-refractivity contribution < 1.29 is 19.1 Å². The molecule has 24 heavy (non-hydrogen) atoms. The highest BCUT2D eigenvalue weighted by atomic mass is 127. The minimum Gasteiger partial charge on any atom is -0.490 e. The van der Waals surface area contributed by atoms with Gasteiger partial charge in [-0.15, -0.1) is 0 Å². The van der Waals surface area contributed by atoms with Crippen LogP contribution in [-0.4, -0.2) is 35.6 Å². The zero-order chi connectivity index (χ0) is 18.1. The highest BCUT2D eigenvalue weighted by Crippen LogP contribution is 2.17. The number of carbonyl (C=O) groups is 2. The second kappa shape index (κ2) is 10.3. The normalized spacial score (nSPS) is 13.0. The second-order valence-corrected chi connectivity index (χ2v) is 7.17. The Hall–Kier alpha value is -1.57. The number of benzene rings is 1. The Bertz CT molecular complexity index is 557. The molecular weight excluding hydrogens is 421 g/mol. The Morgan fingerprint density at radius 1 is 1.29 bits per heavy atom. The van der Waals surface area contributed by atoms with E-state index in [4.69, 9.17) is 9.47 Å². The van der Waals surface area contributed by atoms with Crippen molar-refractivity contribution in [1.29, 1.82) is 0 Å². The molecule has 2 atom stereocenters. The first-order valence-corrected chi connectivity index (χ1v) is 8.98. The highest BCUT2D eigenvalue weighted by molar-refractivity contribution is 14.1. The minimum atomic E-state index is -0.630. The monoisotopic (exact) mass is 445 g/mol. The molecule has 0 aromatic heterocycles. The lowest BCUT2D eigenvalue weighted by Crippen LogP contribution is -2.47. The maximum Gasteiger partial charge on any atom is 0.328 e. The maximum atomic E-state index is 12.3. The fourth-order valence-electron chi connectivity index (χ4n) is 2.04. The molecule has 0 heterocycles. The number of alkyl halides is 1. The number of hydrogen-bond acceptors (Lipinski definition) is 4. The van der Waals surface area contributed by atoms with Gasteiger partial charge in [0.1, 0.15) is 18.4 Å². The van der Waals surface area contributed by atoms with Crippen molar-refractivity contribution in [3.05, 3.63) is 42.5 Å². The summed E-state index contributed by atoms with van der Waals surface area (Å²) in [5.41, 5.74) is 1.02. The molecule has 1 amide bonds. The van der Waals surface area contributed by atoms with Crippen molar-refractivity contribution >= 4 is 34.5 Å². The van der Waals surface area contributed by atoms with Gasteiger partial charge in [0.05, 0.1) is 11.0 Å². The highest BCUT2D eigenvalue weighted by Gasteiger charge is 2.27. The zero-order valence-corrected chi connectivity index (χ0v) is 16.4. The van der Waals surface area contributed by atoms with E-state index in [1.54, 1.807) is 6.08 Å². The van der Waals surface area contributed by atoms with Gasteiger partial charge < -0.3 is 14.8 Å². The first-order valence-electron chi connectivity index (χ1n) is 7.74. The molecule has 0 unspecified atom stereocenters. The third kappa shape index (κ3) is 6.51. The van der Waals surface area contributed by atoms with E-state index in [1.165, 1.54) is 7.11 Å². The van der Waals surface area contributed by atoms with E-state index >= 15 is 0 Å². The summed E-state index contributed by atoms with van der Waals surface area (Å²) in [6.07, 6.45) is 2.26. The Morgan fingerprint density at radius 2 is 1.92 bits per heavy atom. The molecule has 0 saturated carbocycles. The van der Waals surface area contributed by atoms with Gasteiger partial charge in [-0.25, -0.2) is 4.79 Å². The summed E-state index contributed by atoms with van der Waals surface area (Å²) >= 11 is 2.09. The van der Waals surface area contributed by atoms with Crippen molar-refractivity contribution in [3.63, 3.8) is 0 Å². The molecule has 1 N–H and O–H groups in total. The van der Waals surface area contributed by atoms with Crippen LogP contribution < -0.4 is 10.1 Å². The van der Waals surface area contributed by atoms with Crippen molar-refractivity contribution in [2.75, 3.05) is 13.7 Å². The average molecular weight is 445 g/mol. The zero-order valence-electron chi connectivity index (χ0n) is 14.3. The first-order chi connectivity index (χ1) is 11.4. The van der Waals surface area contributed by atoms with Gasteiger partial charge in [0.15, 0.2) is 0 Å². The lowest BCUT2D eigenvalue weighted by atomic mass is 10.0. The van der Waals surface area contributed by atoms with Crippen LogP contribution in [0.15, 0.2) is 36.9 Å². The quantitative estimate of drug-likeness (QED) is 0.275. The lowest BCUT2D eigenvalue weighted by molar-refractivity contribution is -0.146. The number of hydrogen-bond donors (Lipinski definition) is 1. The van der Waals surface area contributed by atoms with Gasteiger partial charge in [-0.05, 0) is 30.0 Å². The Labute approximate surface area is 156 Å². The van der Waals surface area contributed by atoms with Crippen LogP contribution in [0.25, 0.3) is 0 Å². The number of esters is 1. The van der Waals surface area contributed by atoms with E-state index < -0.39 is 12.0 Å². The van der Waals surface area contributed by atoms with Crippen LogP contribution in [0.1, 0.15) is 19.4 Å². The van der Waals surface area contributed by atoms with Crippen LogP contribution >= 0.6 is 22.6 Å². The van der Waals surface area contributed by atoms with Crippen LogP contribution in [0, 0.1) is 5.92 Å². The Balaban J connectivity index is 2.62. The van der Waals surface area contributed by atoms with Gasteiger partial charge in [-0.3, -0.25) is 4.79 Å².